The smallest absolute Gasteiger partial charge is 0.336 e. The summed E-state index contributed by atoms with van der Waals surface area (Å²) in [5, 5.41) is 0. The van der Waals surface area contributed by atoms with E-state index in [4.69, 9.17) is 9.47 Å². The average molecular weight is 437 g/mol. The minimum Gasteiger partial charge on any atom is -0.458 e. The molecule has 2 heterocycles. The summed E-state index contributed by atoms with van der Waals surface area (Å²) in [6.45, 7) is 11.3. The molecule has 2 aliphatic heterocycles. The van der Waals surface area contributed by atoms with Crippen LogP contribution in [0, 0.1) is 40.4 Å². The van der Waals surface area contributed by atoms with Crippen molar-refractivity contribution in [3.05, 3.63) is 36.0 Å². The molecule has 0 aromatic rings. The molecule has 4 fully saturated rings. The van der Waals surface area contributed by atoms with Crippen molar-refractivity contribution in [2.45, 2.75) is 77.4 Å². The molecule has 4 nitrogen and oxygen atoms in total. The second-order valence-electron chi connectivity index (χ2n) is 12.1. The summed E-state index contributed by atoms with van der Waals surface area (Å²) < 4.78 is 12.2. The summed E-state index contributed by atoms with van der Waals surface area (Å²) in [4.78, 5) is 25.6. The molecule has 32 heavy (non-hydrogen) atoms. The maximum absolute atomic E-state index is 13.1. The van der Waals surface area contributed by atoms with E-state index in [-0.39, 0.29) is 28.8 Å². The normalized spacial score (nSPS) is 52.0. The average Bonchev–Trinajstić information content (AvgIpc) is 3.10. The Morgan fingerprint density at radius 3 is 2.56 bits per heavy atom. The Morgan fingerprint density at radius 1 is 1.03 bits per heavy atom. The third kappa shape index (κ3) is 2.53. The Kier molecular flexibility index (Phi) is 4.36. The van der Waals surface area contributed by atoms with E-state index in [0.717, 1.165) is 25.7 Å². The van der Waals surface area contributed by atoms with Gasteiger partial charge >= 0.3 is 5.97 Å². The molecule has 4 aliphatic carbocycles. The molecule has 9 atom stereocenters. The highest BCUT2D eigenvalue weighted by Crippen LogP contribution is 2.67. The monoisotopic (exact) mass is 436 g/mol. The summed E-state index contributed by atoms with van der Waals surface area (Å²) in [5.41, 5.74) is 1.08. The zero-order valence-electron chi connectivity index (χ0n) is 19.7. The fourth-order valence-corrected chi connectivity index (χ4v) is 9.00. The lowest BCUT2D eigenvalue weighted by Gasteiger charge is -2.57. The number of ether oxygens (including phenoxy) is 2. The van der Waals surface area contributed by atoms with Crippen LogP contribution in [0.5, 0.6) is 0 Å². The number of esters is 1. The van der Waals surface area contributed by atoms with Gasteiger partial charge in [0.05, 0.1) is 17.6 Å². The molecule has 0 spiro atoms. The van der Waals surface area contributed by atoms with Gasteiger partial charge in [-0.2, -0.15) is 0 Å². The first-order chi connectivity index (χ1) is 15.2. The molecule has 0 aromatic carbocycles. The minimum absolute atomic E-state index is 0.0644. The van der Waals surface area contributed by atoms with Crippen molar-refractivity contribution in [3.8, 4) is 0 Å². The van der Waals surface area contributed by atoms with E-state index in [2.05, 4.69) is 32.6 Å². The van der Waals surface area contributed by atoms with Crippen LogP contribution in [-0.4, -0.2) is 30.1 Å². The maximum Gasteiger partial charge on any atom is 0.336 e. The van der Waals surface area contributed by atoms with E-state index < -0.39 is 5.60 Å². The van der Waals surface area contributed by atoms with Crippen LogP contribution < -0.4 is 0 Å². The number of rotatable bonds is 1. The van der Waals surface area contributed by atoms with Crippen LogP contribution in [0.3, 0.4) is 0 Å². The van der Waals surface area contributed by atoms with E-state index in [9.17, 15) is 9.59 Å². The van der Waals surface area contributed by atoms with Crippen molar-refractivity contribution < 1.29 is 19.1 Å². The molecule has 172 valence electrons. The first kappa shape index (κ1) is 20.9. The molecule has 2 saturated heterocycles. The summed E-state index contributed by atoms with van der Waals surface area (Å²) >= 11 is 0. The molecule has 0 N–H and O–H groups in total. The SMILES string of the molecule is C=C1C(=O)OC2CC1(C)OCC2C1CCC2C3CC=C4C=CCC(=O)C4(C)C3CCC12C. The molecular formula is C28H36O4. The first-order valence-corrected chi connectivity index (χ1v) is 12.6. The highest BCUT2D eigenvalue weighted by molar-refractivity contribution is 5.92. The topological polar surface area (TPSA) is 52.6 Å². The van der Waals surface area contributed by atoms with Crippen LogP contribution >= 0.6 is 0 Å². The zero-order valence-corrected chi connectivity index (χ0v) is 19.7. The third-order valence-corrected chi connectivity index (χ3v) is 11.0. The molecule has 4 heteroatoms. The summed E-state index contributed by atoms with van der Waals surface area (Å²) in [6, 6.07) is 0. The van der Waals surface area contributed by atoms with E-state index >= 15 is 0 Å². The molecular weight excluding hydrogens is 400 g/mol. The maximum atomic E-state index is 13.1. The Hall–Kier alpha value is -1.68. The van der Waals surface area contributed by atoms with Gasteiger partial charge in [-0.3, -0.25) is 4.79 Å². The zero-order chi connectivity index (χ0) is 22.5. The van der Waals surface area contributed by atoms with Gasteiger partial charge in [0.1, 0.15) is 17.5 Å². The van der Waals surface area contributed by atoms with E-state index in [1.807, 2.05) is 13.0 Å². The number of carbonyl (C=O) groups is 2. The molecule has 2 saturated carbocycles. The summed E-state index contributed by atoms with van der Waals surface area (Å²) in [6.07, 6.45) is 13.6. The number of carbonyl (C=O) groups excluding carboxylic acids is 2. The van der Waals surface area contributed by atoms with Crippen molar-refractivity contribution in [1.29, 1.82) is 0 Å². The predicted molar refractivity (Wildman–Crippen MR) is 122 cm³/mol. The number of ketones is 1. The van der Waals surface area contributed by atoms with Crippen LogP contribution in [-0.2, 0) is 19.1 Å². The fourth-order valence-electron chi connectivity index (χ4n) is 9.00. The van der Waals surface area contributed by atoms with Crippen molar-refractivity contribution in [2.24, 2.45) is 40.4 Å². The first-order valence-electron chi connectivity index (χ1n) is 12.6. The molecule has 0 aromatic heterocycles. The molecule has 6 aliphatic rings. The van der Waals surface area contributed by atoms with Gasteiger partial charge in [0.15, 0.2) is 0 Å². The van der Waals surface area contributed by atoms with Gasteiger partial charge in [-0.05, 0) is 80.6 Å². The molecule has 9 unspecified atom stereocenters. The lowest BCUT2D eigenvalue weighted by molar-refractivity contribution is -0.200. The third-order valence-electron chi connectivity index (χ3n) is 11.0. The second-order valence-corrected chi connectivity index (χ2v) is 12.1. The van der Waals surface area contributed by atoms with Gasteiger partial charge in [0.25, 0.3) is 0 Å². The van der Waals surface area contributed by atoms with Gasteiger partial charge in [0.2, 0.25) is 0 Å². The molecule has 6 rings (SSSR count). The number of hydrogen-bond donors (Lipinski definition) is 0. The Balaban J connectivity index is 1.29. The quantitative estimate of drug-likeness (QED) is 0.419. The minimum atomic E-state index is -0.568. The molecule has 0 amide bonds. The van der Waals surface area contributed by atoms with E-state index in [1.165, 1.54) is 18.4 Å². The largest absolute Gasteiger partial charge is 0.458 e. The van der Waals surface area contributed by atoms with Crippen molar-refractivity contribution >= 4 is 11.8 Å². The summed E-state index contributed by atoms with van der Waals surface area (Å²) in [5.74, 6) is 2.55. The van der Waals surface area contributed by atoms with Crippen LogP contribution in [0.1, 0.15) is 65.7 Å². The number of hydrogen-bond acceptors (Lipinski definition) is 4. The molecule has 0 radical (unpaired) electrons. The van der Waals surface area contributed by atoms with Crippen LogP contribution in [0.15, 0.2) is 36.0 Å². The predicted octanol–water partition coefficient (Wildman–Crippen LogP) is 5.19. The van der Waals surface area contributed by atoms with E-state index in [1.54, 1.807) is 0 Å². The van der Waals surface area contributed by atoms with Crippen molar-refractivity contribution in [2.75, 3.05) is 6.61 Å². The van der Waals surface area contributed by atoms with Crippen molar-refractivity contribution in [1.82, 2.24) is 0 Å². The van der Waals surface area contributed by atoms with Crippen LogP contribution in [0.25, 0.3) is 0 Å². The van der Waals surface area contributed by atoms with Gasteiger partial charge in [-0.25, -0.2) is 4.79 Å². The van der Waals surface area contributed by atoms with Crippen LogP contribution in [0.4, 0.5) is 0 Å². The lowest BCUT2D eigenvalue weighted by Crippen LogP contribution is -2.57. The van der Waals surface area contributed by atoms with Gasteiger partial charge in [0, 0.05) is 18.8 Å². The Morgan fingerprint density at radius 2 is 1.78 bits per heavy atom. The number of fused-ring (bicyclic) bond motifs is 7. The van der Waals surface area contributed by atoms with Gasteiger partial charge in [-0.15, -0.1) is 0 Å². The summed E-state index contributed by atoms with van der Waals surface area (Å²) in [7, 11) is 0. The Bertz CT molecular complexity index is 960. The Labute approximate surface area is 191 Å². The molecule has 2 bridgehead atoms. The number of Topliss-reactive ketones (excluding diaryl/α,β-unsaturated/α-hetero) is 1. The highest BCUT2D eigenvalue weighted by atomic mass is 16.6. The fraction of sp³-hybridized carbons (Fsp3) is 0.714. The van der Waals surface area contributed by atoms with E-state index in [0.29, 0.717) is 48.1 Å². The lowest BCUT2D eigenvalue weighted by atomic mass is 9.47. The standard InChI is InChI=1S/C28H36O4/c1-16-25(30)32-23-14-27(16,3)31-15-19(23)21-11-10-20-18-9-8-17-6-5-7-24(29)28(17,4)22(18)12-13-26(20,21)2/h5-6,8,18-23H,1,7,9-15H2,2-4H3. The highest BCUT2D eigenvalue weighted by Gasteiger charge is 2.62. The van der Waals surface area contributed by atoms with Crippen molar-refractivity contribution in [3.63, 3.8) is 0 Å². The second kappa shape index (κ2) is 6.68. The van der Waals surface area contributed by atoms with Crippen LogP contribution in [0.2, 0.25) is 0 Å². The van der Waals surface area contributed by atoms with Gasteiger partial charge in [-0.1, -0.05) is 31.7 Å². The number of allylic oxidation sites excluding steroid dienone is 4. The van der Waals surface area contributed by atoms with Gasteiger partial charge < -0.3 is 9.47 Å².